The van der Waals surface area contributed by atoms with Crippen molar-refractivity contribution in [2.24, 2.45) is 0 Å². The van der Waals surface area contributed by atoms with Gasteiger partial charge in [0.1, 0.15) is 0 Å². The van der Waals surface area contributed by atoms with Gasteiger partial charge in [-0.3, -0.25) is 0 Å². The Labute approximate surface area is 97.2 Å². The molecule has 1 rings (SSSR count). The molecule has 0 bridgehead atoms. The molecule has 0 atom stereocenters. The first-order chi connectivity index (χ1) is 6.74. The zero-order valence-corrected chi connectivity index (χ0v) is 10.2. The summed E-state index contributed by atoms with van der Waals surface area (Å²) in [6.07, 6.45) is 1.88. The van der Waals surface area contributed by atoms with Crippen LogP contribution in [-0.4, -0.2) is 12.4 Å². The zero-order chi connectivity index (χ0) is 10.4. The van der Waals surface area contributed by atoms with Gasteiger partial charge in [-0.25, -0.2) is 4.39 Å². The Kier molecular flexibility index (Phi) is 5.33. The van der Waals surface area contributed by atoms with Crippen molar-refractivity contribution in [2.45, 2.75) is 12.8 Å². The maximum absolute atomic E-state index is 13.1. The van der Waals surface area contributed by atoms with E-state index in [1.165, 1.54) is 6.07 Å². The lowest BCUT2D eigenvalue weighted by Gasteiger charge is -2.06. The van der Waals surface area contributed by atoms with Gasteiger partial charge >= 0.3 is 0 Å². The fraction of sp³-hybridized carbons (Fsp3) is 0.400. The number of hydrogen-bond acceptors (Lipinski definition) is 2. The van der Waals surface area contributed by atoms with Crippen LogP contribution in [0, 0.1) is 5.82 Å². The van der Waals surface area contributed by atoms with E-state index in [0.717, 1.165) is 23.1 Å². The quantitative estimate of drug-likeness (QED) is 0.639. The Morgan fingerprint density at radius 2 is 2.14 bits per heavy atom. The Morgan fingerprint density at radius 1 is 1.36 bits per heavy atom. The predicted octanol–water partition coefficient (Wildman–Crippen LogP) is 3.68. The molecule has 4 heteroatoms. The summed E-state index contributed by atoms with van der Waals surface area (Å²) in [6.45, 7) is 0.536. The van der Waals surface area contributed by atoms with Crippen molar-refractivity contribution in [1.82, 2.24) is 0 Å². The summed E-state index contributed by atoms with van der Waals surface area (Å²) in [6, 6.07) is 4.67. The predicted molar refractivity (Wildman–Crippen MR) is 62.7 cm³/mol. The molecule has 1 aromatic rings. The van der Waals surface area contributed by atoms with Crippen LogP contribution in [0.25, 0.3) is 0 Å². The van der Waals surface area contributed by atoms with E-state index in [1.807, 2.05) is 0 Å². The third kappa shape index (κ3) is 3.88. The lowest BCUT2D eigenvalue weighted by atomic mass is 10.3. The summed E-state index contributed by atoms with van der Waals surface area (Å²) in [5, 5.41) is 0. The number of thiol groups is 1. The van der Waals surface area contributed by atoms with E-state index in [1.54, 1.807) is 12.1 Å². The van der Waals surface area contributed by atoms with Crippen LogP contribution in [0.1, 0.15) is 12.8 Å². The minimum atomic E-state index is -0.320. The molecule has 0 aromatic heterocycles. The van der Waals surface area contributed by atoms with Crippen LogP contribution in [0.5, 0.6) is 5.75 Å². The van der Waals surface area contributed by atoms with E-state index < -0.39 is 0 Å². The zero-order valence-electron chi connectivity index (χ0n) is 7.67. The van der Waals surface area contributed by atoms with Gasteiger partial charge in [0.15, 0.2) is 11.6 Å². The number of halogens is 2. The molecule has 1 aromatic carbocycles. The van der Waals surface area contributed by atoms with E-state index in [4.69, 9.17) is 4.74 Å². The largest absolute Gasteiger partial charge is 0.490 e. The fourth-order valence-electron chi connectivity index (χ4n) is 0.984. The summed E-state index contributed by atoms with van der Waals surface area (Å²) in [5.41, 5.74) is 0. The number of hydrogen-bond donors (Lipinski definition) is 1. The van der Waals surface area contributed by atoms with Crippen LogP contribution in [0.15, 0.2) is 22.7 Å². The van der Waals surface area contributed by atoms with Crippen molar-refractivity contribution in [1.29, 1.82) is 0 Å². The summed E-state index contributed by atoms with van der Waals surface area (Å²) in [7, 11) is 0. The van der Waals surface area contributed by atoms with Crippen molar-refractivity contribution in [3.05, 3.63) is 28.5 Å². The van der Waals surface area contributed by atoms with Gasteiger partial charge in [-0.2, -0.15) is 12.6 Å². The number of ether oxygens (including phenoxy) is 1. The molecule has 0 amide bonds. The molecule has 0 fully saturated rings. The molecule has 14 heavy (non-hydrogen) atoms. The average Bonchev–Trinajstić information content (AvgIpc) is 2.18. The molecule has 78 valence electrons. The lowest BCUT2D eigenvalue weighted by molar-refractivity contribution is 0.294. The van der Waals surface area contributed by atoms with E-state index in [2.05, 4.69) is 28.6 Å². The topological polar surface area (TPSA) is 9.23 Å². The molecule has 0 saturated heterocycles. The normalized spacial score (nSPS) is 10.2. The molecule has 0 aliphatic heterocycles. The average molecular weight is 279 g/mol. The third-order valence-electron chi connectivity index (χ3n) is 1.70. The maximum Gasteiger partial charge on any atom is 0.165 e. The molecule has 1 nitrogen and oxygen atoms in total. The first-order valence-electron chi connectivity index (χ1n) is 4.43. The Morgan fingerprint density at radius 3 is 2.86 bits per heavy atom. The van der Waals surface area contributed by atoms with Crippen LogP contribution in [0.3, 0.4) is 0 Å². The minimum Gasteiger partial charge on any atom is -0.490 e. The van der Waals surface area contributed by atoms with Gasteiger partial charge in [-0.1, -0.05) is 15.9 Å². The van der Waals surface area contributed by atoms with Crippen LogP contribution in [0.4, 0.5) is 4.39 Å². The highest BCUT2D eigenvalue weighted by Gasteiger charge is 2.02. The van der Waals surface area contributed by atoms with E-state index in [9.17, 15) is 4.39 Å². The number of benzene rings is 1. The first kappa shape index (κ1) is 11.9. The number of unbranched alkanes of at least 4 members (excludes halogenated alkanes) is 1. The second-order valence-corrected chi connectivity index (χ2v) is 4.22. The molecular formula is C10H12BrFOS. The number of rotatable bonds is 5. The first-order valence-corrected chi connectivity index (χ1v) is 5.85. The summed E-state index contributed by atoms with van der Waals surface area (Å²) >= 11 is 7.34. The smallest absolute Gasteiger partial charge is 0.165 e. The van der Waals surface area contributed by atoms with E-state index in [0.29, 0.717) is 12.4 Å². The second-order valence-electron chi connectivity index (χ2n) is 2.85. The highest BCUT2D eigenvalue weighted by Crippen LogP contribution is 2.22. The van der Waals surface area contributed by atoms with Crippen LogP contribution in [0.2, 0.25) is 0 Å². The van der Waals surface area contributed by atoms with Gasteiger partial charge in [-0.05, 0) is 36.8 Å². The van der Waals surface area contributed by atoms with Gasteiger partial charge in [0, 0.05) is 4.47 Å². The molecule has 0 aliphatic rings. The molecule has 0 N–H and O–H groups in total. The van der Waals surface area contributed by atoms with Crippen LogP contribution in [-0.2, 0) is 0 Å². The molecule has 0 heterocycles. The molecule has 0 spiro atoms. The third-order valence-corrected chi connectivity index (χ3v) is 2.51. The monoisotopic (exact) mass is 278 g/mol. The van der Waals surface area contributed by atoms with Gasteiger partial charge in [0.05, 0.1) is 6.61 Å². The molecule has 0 aliphatic carbocycles. The summed E-state index contributed by atoms with van der Waals surface area (Å²) < 4.78 is 19.2. The Balaban J connectivity index is 2.45. The molecule has 0 radical (unpaired) electrons. The molecule has 0 saturated carbocycles. The van der Waals surface area contributed by atoms with Gasteiger partial charge in [0.25, 0.3) is 0 Å². The Hall–Kier alpha value is -0.220. The Bertz CT molecular complexity index is 293. The summed E-state index contributed by atoms with van der Waals surface area (Å²) in [5.74, 6) is 0.822. The summed E-state index contributed by atoms with van der Waals surface area (Å²) in [4.78, 5) is 0. The lowest BCUT2D eigenvalue weighted by Crippen LogP contribution is -1.99. The minimum absolute atomic E-state index is 0.304. The van der Waals surface area contributed by atoms with Crippen molar-refractivity contribution < 1.29 is 9.13 Å². The van der Waals surface area contributed by atoms with Crippen LogP contribution < -0.4 is 4.74 Å². The van der Waals surface area contributed by atoms with Gasteiger partial charge in [-0.15, -0.1) is 0 Å². The van der Waals surface area contributed by atoms with Gasteiger partial charge < -0.3 is 4.74 Å². The standard InChI is InChI=1S/C10H12BrFOS/c11-8-3-4-9(12)10(7-8)13-5-1-2-6-14/h3-4,7,14H,1-2,5-6H2. The van der Waals surface area contributed by atoms with Crippen molar-refractivity contribution >= 4 is 28.6 Å². The van der Waals surface area contributed by atoms with Crippen molar-refractivity contribution in [3.63, 3.8) is 0 Å². The van der Waals surface area contributed by atoms with E-state index >= 15 is 0 Å². The molecular weight excluding hydrogens is 267 g/mol. The van der Waals surface area contributed by atoms with Gasteiger partial charge in [0.2, 0.25) is 0 Å². The highest BCUT2D eigenvalue weighted by atomic mass is 79.9. The fourth-order valence-corrected chi connectivity index (χ4v) is 1.55. The maximum atomic E-state index is 13.1. The molecule has 0 unspecified atom stereocenters. The van der Waals surface area contributed by atoms with E-state index in [-0.39, 0.29) is 5.82 Å². The second kappa shape index (κ2) is 6.30. The van der Waals surface area contributed by atoms with Crippen molar-refractivity contribution in [2.75, 3.05) is 12.4 Å². The SMILES string of the molecule is Fc1ccc(Br)cc1OCCCCS. The van der Waals surface area contributed by atoms with Crippen LogP contribution >= 0.6 is 28.6 Å². The van der Waals surface area contributed by atoms with Crippen molar-refractivity contribution in [3.8, 4) is 5.75 Å². The highest BCUT2D eigenvalue weighted by molar-refractivity contribution is 9.10.